The maximum absolute atomic E-state index is 12.8. The zero-order valence-corrected chi connectivity index (χ0v) is 15.0. The maximum atomic E-state index is 12.8. The van der Waals surface area contributed by atoms with Gasteiger partial charge >= 0.3 is 0 Å². The summed E-state index contributed by atoms with van der Waals surface area (Å²) in [5, 5.41) is 4.75. The minimum Gasteiger partial charge on any atom is -0.445 e. The molecule has 23 heavy (non-hydrogen) atoms. The number of rotatable bonds is 3. The van der Waals surface area contributed by atoms with E-state index in [1.165, 1.54) is 11.8 Å². The summed E-state index contributed by atoms with van der Waals surface area (Å²) in [6, 6.07) is 11.1. The molecule has 1 aliphatic rings. The number of furan rings is 1. The van der Waals surface area contributed by atoms with Crippen molar-refractivity contribution in [2.45, 2.75) is 11.1 Å². The van der Waals surface area contributed by atoms with Gasteiger partial charge in [-0.2, -0.15) is 0 Å². The average molecular weight is 373 g/mol. The summed E-state index contributed by atoms with van der Waals surface area (Å²) in [6.07, 6.45) is 1.92. The van der Waals surface area contributed by atoms with E-state index < -0.39 is 0 Å². The molecular weight excluding hydrogens is 355 g/mol. The number of nitrogens with one attached hydrogen (secondary N) is 1. The standard InChI is InChI=1S/C16H17ClN2O2S.ClH/c1-22-15-7-6-14(21-15)16(20)19-9-8-18-10-13(19)11-4-2-3-5-12(11)17;/h2-7,13,18H,8-10H2,1H3;1H. The van der Waals surface area contributed by atoms with E-state index in [1.807, 2.05) is 41.5 Å². The van der Waals surface area contributed by atoms with Crippen molar-refractivity contribution in [1.29, 1.82) is 0 Å². The van der Waals surface area contributed by atoms with Gasteiger partial charge in [0, 0.05) is 24.7 Å². The summed E-state index contributed by atoms with van der Waals surface area (Å²) < 4.78 is 5.58. The highest BCUT2D eigenvalue weighted by molar-refractivity contribution is 7.98. The lowest BCUT2D eigenvalue weighted by Crippen LogP contribution is -2.48. The van der Waals surface area contributed by atoms with Crippen molar-refractivity contribution >= 4 is 41.7 Å². The molecule has 1 fully saturated rings. The van der Waals surface area contributed by atoms with Crippen LogP contribution in [0.3, 0.4) is 0 Å². The van der Waals surface area contributed by atoms with Crippen LogP contribution >= 0.6 is 35.8 Å². The summed E-state index contributed by atoms with van der Waals surface area (Å²) in [5.41, 5.74) is 0.960. The van der Waals surface area contributed by atoms with E-state index in [0.29, 0.717) is 23.9 Å². The van der Waals surface area contributed by atoms with Crippen LogP contribution < -0.4 is 5.32 Å². The molecule has 1 aliphatic heterocycles. The Morgan fingerprint density at radius 1 is 1.35 bits per heavy atom. The molecule has 1 unspecified atom stereocenters. The number of halogens is 2. The van der Waals surface area contributed by atoms with Gasteiger partial charge in [-0.05, 0) is 30.0 Å². The molecule has 1 atom stereocenters. The van der Waals surface area contributed by atoms with Gasteiger partial charge in [-0.25, -0.2) is 0 Å². The van der Waals surface area contributed by atoms with Crippen molar-refractivity contribution in [2.24, 2.45) is 0 Å². The number of nitrogens with zero attached hydrogens (tertiary/aromatic N) is 1. The number of benzene rings is 1. The summed E-state index contributed by atoms with van der Waals surface area (Å²) in [6.45, 7) is 2.08. The van der Waals surface area contributed by atoms with Crippen molar-refractivity contribution in [3.05, 3.63) is 52.7 Å². The molecule has 0 bridgehead atoms. The Hall–Kier alpha value is -1.14. The quantitative estimate of drug-likeness (QED) is 0.830. The zero-order valence-electron chi connectivity index (χ0n) is 12.6. The highest BCUT2D eigenvalue weighted by Crippen LogP contribution is 2.30. The van der Waals surface area contributed by atoms with Crippen molar-refractivity contribution in [3.63, 3.8) is 0 Å². The van der Waals surface area contributed by atoms with Crippen LogP contribution in [0.5, 0.6) is 0 Å². The first-order valence-electron chi connectivity index (χ1n) is 7.10. The summed E-state index contributed by atoms with van der Waals surface area (Å²) in [4.78, 5) is 14.6. The maximum Gasteiger partial charge on any atom is 0.290 e. The lowest BCUT2D eigenvalue weighted by molar-refractivity contribution is 0.0596. The van der Waals surface area contributed by atoms with E-state index >= 15 is 0 Å². The molecule has 4 nitrogen and oxygen atoms in total. The Labute approximate surface area is 151 Å². The van der Waals surface area contributed by atoms with E-state index in [-0.39, 0.29) is 24.4 Å². The molecule has 3 rings (SSSR count). The minimum absolute atomic E-state index is 0. The van der Waals surface area contributed by atoms with Crippen LogP contribution in [0.15, 0.2) is 45.9 Å². The van der Waals surface area contributed by atoms with Crippen LogP contribution in [0, 0.1) is 0 Å². The van der Waals surface area contributed by atoms with Gasteiger partial charge in [0.1, 0.15) is 0 Å². The molecule has 1 N–H and O–H groups in total. The second-order valence-corrected chi connectivity index (χ2v) is 6.28. The van der Waals surface area contributed by atoms with Crippen LogP contribution in [0.1, 0.15) is 22.2 Å². The molecule has 2 heterocycles. The Morgan fingerprint density at radius 2 is 2.13 bits per heavy atom. The predicted molar refractivity (Wildman–Crippen MR) is 95.8 cm³/mol. The number of amides is 1. The Morgan fingerprint density at radius 3 is 2.83 bits per heavy atom. The third kappa shape index (κ3) is 3.86. The Balaban J connectivity index is 0.00000192. The van der Waals surface area contributed by atoms with E-state index in [0.717, 1.165) is 17.2 Å². The van der Waals surface area contributed by atoms with Crippen LogP contribution in [0.4, 0.5) is 0 Å². The van der Waals surface area contributed by atoms with Gasteiger partial charge < -0.3 is 14.6 Å². The molecule has 1 amide bonds. The second-order valence-electron chi connectivity index (χ2n) is 5.06. The molecule has 7 heteroatoms. The highest BCUT2D eigenvalue weighted by atomic mass is 35.5. The number of carbonyl (C=O) groups is 1. The van der Waals surface area contributed by atoms with Crippen LogP contribution in [-0.2, 0) is 0 Å². The number of hydrogen-bond donors (Lipinski definition) is 1. The number of carbonyl (C=O) groups excluding carboxylic acids is 1. The SMILES string of the molecule is CSc1ccc(C(=O)N2CCNCC2c2ccccc2Cl)o1.Cl. The van der Waals surface area contributed by atoms with Gasteiger partial charge in [0.05, 0.1) is 6.04 Å². The van der Waals surface area contributed by atoms with E-state index in [2.05, 4.69) is 5.32 Å². The molecule has 0 aliphatic carbocycles. The van der Waals surface area contributed by atoms with Gasteiger partial charge in [0.25, 0.3) is 5.91 Å². The zero-order chi connectivity index (χ0) is 15.5. The molecular formula is C16H18Cl2N2O2S. The average Bonchev–Trinajstić information content (AvgIpc) is 3.04. The topological polar surface area (TPSA) is 45.5 Å². The third-order valence-corrected chi connectivity index (χ3v) is 4.73. The predicted octanol–water partition coefficient (Wildman–Crippen LogP) is 3.86. The first-order valence-corrected chi connectivity index (χ1v) is 8.71. The fourth-order valence-electron chi connectivity index (χ4n) is 2.66. The summed E-state index contributed by atoms with van der Waals surface area (Å²) in [7, 11) is 0. The van der Waals surface area contributed by atoms with Gasteiger partial charge in [-0.3, -0.25) is 4.79 Å². The van der Waals surface area contributed by atoms with Crippen LogP contribution in [0.25, 0.3) is 0 Å². The lowest BCUT2D eigenvalue weighted by Gasteiger charge is -2.36. The molecule has 1 aromatic carbocycles. The number of thioether (sulfide) groups is 1. The Kier molecular flexibility index (Phi) is 6.41. The fraction of sp³-hybridized carbons (Fsp3) is 0.312. The Bertz CT molecular complexity index is 678. The lowest BCUT2D eigenvalue weighted by atomic mass is 10.0. The smallest absolute Gasteiger partial charge is 0.290 e. The highest BCUT2D eigenvalue weighted by Gasteiger charge is 2.31. The monoisotopic (exact) mass is 372 g/mol. The van der Waals surface area contributed by atoms with E-state index in [1.54, 1.807) is 6.07 Å². The largest absolute Gasteiger partial charge is 0.445 e. The number of piperazine rings is 1. The van der Waals surface area contributed by atoms with Gasteiger partial charge in [0.15, 0.2) is 10.9 Å². The van der Waals surface area contributed by atoms with Gasteiger partial charge in [-0.1, -0.05) is 41.6 Å². The molecule has 1 saturated heterocycles. The molecule has 2 aromatic rings. The molecule has 0 saturated carbocycles. The van der Waals surface area contributed by atoms with Crippen LogP contribution in [0.2, 0.25) is 5.02 Å². The molecule has 1 aromatic heterocycles. The molecule has 124 valence electrons. The van der Waals surface area contributed by atoms with Crippen molar-refractivity contribution in [2.75, 3.05) is 25.9 Å². The fourth-order valence-corrected chi connectivity index (χ4v) is 3.30. The molecule has 0 radical (unpaired) electrons. The molecule has 0 spiro atoms. The summed E-state index contributed by atoms with van der Waals surface area (Å²) in [5.74, 6) is 0.287. The minimum atomic E-state index is -0.0910. The van der Waals surface area contributed by atoms with Crippen molar-refractivity contribution in [3.8, 4) is 0 Å². The summed E-state index contributed by atoms with van der Waals surface area (Å²) >= 11 is 7.79. The first kappa shape index (κ1) is 18.2. The first-order chi connectivity index (χ1) is 10.7. The third-order valence-electron chi connectivity index (χ3n) is 3.76. The van der Waals surface area contributed by atoms with Gasteiger partial charge in [0.2, 0.25) is 0 Å². The second kappa shape index (κ2) is 8.11. The van der Waals surface area contributed by atoms with Gasteiger partial charge in [-0.15, -0.1) is 12.4 Å². The van der Waals surface area contributed by atoms with Crippen molar-refractivity contribution in [1.82, 2.24) is 10.2 Å². The van der Waals surface area contributed by atoms with Crippen molar-refractivity contribution < 1.29 is 9.21 Å². The van der Waals surface area contributed by atoms with Crippen LogP contribution in [-0.4, -0.2) is 36.7 Å². The van der Waals surface area contributed by atoms with E-state index in [4.69, 9.17) is 16.0 Å². The van der Waals surface area contributed by atoms with E-state index in [9.17, 15) is 4.79 Å². The number of hydrogen-bond acceptors (Lipinski definition) is 4. The normalized spacial score (nSPS) is 17.7.